The Bertz CT molecular complexity index is 631. The summed E-state index contributed by atoms with van der Waals surface area (Å²) in [5.41, 5.74) is 1.77. The van der Waals surface area contributed by atoms with Gasteiger partial charge >= 0.3 is 0 Å². The Labute approximate surface area is 139 Å². The van der Waals surface area contributed by atoms with Crippen LogP contribution < -0.4 is 5.32 Å². The molecule has 5 heteroatoms. The minimum Gasteiger partial charge on any atom is -0.316 e. The van der Waals surface area contributed by atoms with Gasteiger partial charge in [0, 0.05) is 16.1 Å². The molecule has 0 saturated heterocycles. The molecule has 0 aliphatic carbocycles. The van der Waals surface area contributed by atoms with E-state index >= 15 is 0 Å². The van der Waals surface area contributed by atoms with Crippen molar-refractivity contribution in [3.63, 3.8) is 0 Å². The fourth-order valence-electron chi connectivity index (χ4n) is 2.20. The van der Waals surface area contributed by atoms with Crippen LogP contribution in [0, 0.1) is 5.82 Å². The lowest BCUT2D eigenvalue weighted by molar-refractivity contribution is 0.553. The van der Waals surface area contributed by atoms with Gasteiger partial charge in [0.05, 0.1) is 5.02 Å². The molecule has 2 aromatic rings. The number of hydrogen-bond donors (Lipinski definition) is 1. The number of rotatable bonds is 5. The highest BCUT2D eigenvalue weighted by Crippen LogP contribution is 2.25. The van der Waals surface area contributed by atoms with Crippen LogP contribution in [0.3, 0.4) is 0 Å². The van der Waals surface area contributed by atoms with Gasteiger partial charge in [0.25, 0.3) is 0 Å². The first kappa shape index (κ1) is 16.6. The first-order valence-corrected chi connectivity index (χ1v) is 7.68. The monoisotopic (exact) mass is 345 g/mol. The predicted octanol–water partition coefficient (Wildman–Crippen LogP) is 5.16. The zero-order valence-corrected chi connectivity index (χ0v) is 13.7. The molecule has 0 fully saturated rings. The van der Waals surface area contributed by atoms with Crippen LogP contribution in [0.15, 0.2) is 36.4 Å². The SMILES string of the molecule is CNC(Cc1ccc(Cl)cc1Cl)Cc1cccc(F)c1Cl. The number of likely N-dealkylation sites (N-methyl/N-ethyl adjacent to an activating group) is 1. The van der Waals surface area contributed by atoms with Crippen molar-refractivity contribution in [2.24, 2.45) is 0 Å². The first-order chi connectivity index (χ1) is 10.0. The van der Waals surface area contributed by atoms with Gasteiger partial charge in [0.15, 0.2) is 0 Å². The lowest BCUT2D eigenvalue weighted by Crippen LogP contribution is -2.30. The van der Waals surface area contributed by atoms with Crippen LogP contribution in [0.4, 0.5) is 4.39 Å². The highest BCUT2D eigenvalue weighted by atomic mass is 35.5. The van der Waals surface area contributed by atoms with Crippen molar-refractivity contribution in [3.05, 3.63) is 68.4 Å². The van der Waals surface area contributed by atoms with E-state index in [2.05, 4.69) is 5.32 Å². The molecule has 1 nitrogen and oxygen atoms in total. The standard InChI is InChI=1S/C16H15Cl3FN/c1-21-13(7-10-5-6-12(17)9-14(10)18)8-11-3-2-4-15(20)16(11)19/h2-6,9,13,21H,7-8H2,1H3. The van der Waals surface area contributed by atoms with E-state index in [-0.39, 0.29) is 11.1 Å². The number of nitrogens with one attached hydrogen (secondary N) is 1. The molecule has 2 aromatic carbocycles. The third-order valence-electron chi connectivity index (χ3n) is 3.39. The molecule has 0 saturated carbocycles. The third-order valence-corrected chi connectivity index (χ3v) is 4.40. The Morgan fingerprint density at radius 1 is 1.05 bits per heavy atom. The molecule has 1 N–H and O–H groups in total. The van der Waals surface area contributed by atoms with Gasteiger partial charge in [-0.1, -0.05) is 53.0 Å². The summed E-state index contributed by atoms with van der Waals surface area (Å²) in [7, 11) is 1.86. The van der Waals surface area contributed by atoms with Gasteiger partial charge in [-0.3, -0.25) is 0 Å². The second-order valence-corrected chi connectivity index (χ2v) is 6.06. The Kier molecular flexibility index (Phi) is 5.88. The molecular formula is C16H15Cl3FN. The van der Waals surface area contributed by atoms with Crippen molar-refractivity contribution in [1.29, 1.82) is 0 Å². The molecule has 0 amide bonds. The minimum atomic E-state index is -0.395. The topological polar surface area (TPSA) is 12.0 Å². The second-order valence-electron chi connectivity index (χ2n) is 4.84. The van der Waals surface area contributed by atoms with Crippen molar-refractivity contribution < 1.29 is 4.39 Å². The summed E-state index contributed by atoms with van der Waals surface area (Å²) in [6, 6.07) is 10.4. The van der Waals surface area contributed by atoms with Crippen molar-refractivity contribution >= 4 is 34.8 Å². The minimum absolute atomic E-state index is 0.1000. The second kappa shape index (κ2) is 7.46. The maximum atomic E-state index is 13.5. The number of hydrogen-bond acceptors (Lipinski definition) is 1. The highest BCUT2D eigenvalue weighted by Gasteiger charge is 2.14. The van der Waals surface area contributed by atoms with E-state index in [4.69, 9.17) is 34.8 Å². The molecule has 2 rings (SSSR count). The third kappa shape index (κ3) is 4.33. The summed E-state index contributed by atoms with van der Waals surface area (Å²) < 4.78 is 13.5. The number of benzene rings is 2. The maximum absolute atomic E-state index is 13.5. The summed E-state index contributed by atoms with van der Waals surface area (Å²) in [5, 5.41) is 4.64. The van der Waals surface area contributed by atoms with Gasteiger partial charge in [0.2, 0.25) is 0 Å². The highest BCUT2D eigenvalue weighted by molar-refractivity contribution is 6.35. The van der Waals surface area contributed by atoms with Gasteiger partial charge in [0.1, 0.15) is 5.82 Å². The largest absolute Gasteiger partial charge is 0.316 e. The Balaban J connectivity index is 2.15. The van der Waals surface area contributed by atoms with Crippen LogP contribution in [-0.2, 0) is 12.8 Å². The Hall–Kier alpha value is -0.800. The normalized spacial score (nSPS) is 12.4. The van der Waals surface area contributed by atoms with E-state index in [1.807, 2.05) is 25.2 Å². The summed E-state index contributed by atoms with van der Waals surface area (Å²) in [4.78, 5) is 0. The lowest BCUT2D eigenvalue weighted by atomic mass is 9.99. The first-order valence-electron chi connectivity index (χ1n) is 6.55. The molecule has 0 heterocycles. The molecule has 0 spiro atoms. The van der Waals surface area contributed by atoms with Crippen LogP contribution >= 0.6 is 34.8 Å². The molecule has 1 unspecified atom stereocenters. The van der Waals surface area contributed by atoms with Crippen LogP contribution in [-0.4, -0.2) is 13.1 Å². The molecule has 1 atom stereocenters. The molecule has 0 radical (unpaired) electrons. The molecule has 112 valence electrons. The predicted molar refractivity (Wildman–Crippen MR) is 88.1 cm³/mol. The summed E-state index contributed by atoms with van der Waals surface area (Å²) in [5.74, 6) is -0.395. The van der Waals surface area contributed by atoms with Gasteiger partial charge in [-0.2, -0.15) is 0 Å². The van der Waals surface area contributed by atoms with Crippen molar-refractivity contribution in [2.45, 2.75) is 18.9 Å². The van der Waals surface area contributed by atoms with Gasteiger partial charge in [-0.15, -0.1) is 0 Å². The van der Waals surface area contributed by atoms with E-state index in [9.17, 15) is 4.39 Å². The molecular weight excluding hydrogens is 332 g/mol. The van der Waals surface area contributed by atoms with Gasteiger partial charge in [-0.05, 0) is 49.2 Å². The average Bonchev–Trinajstić information content (AvgIpc) is 2.45. The molecule has 21 heavy (non-hydrogen) atoms. The van der Waals surface area contributed by atoms with Crippen LogP contribution in [0.2, 0.25) is 15.1 Å². The van der Waals surface area contributed by atoms with Crippen molar-refractivity contribution in [1.82, 2.24) is 5.32 Å². The molecule has 0 aliphatic rings. The van der Waals surface area contributed by atoms with E-state index < -0.39 is 5.82 Å². The maximum Gasteiger partial charge on any atom is 0.142 e. The van der Waals surface area contributed by atoms with E-state index in [1.54, 1.807) is 12.1 Å². The molecule has 0 aliphatic heterocycles. The average molecular weight is 347 g/mol. The molecule has 0 aromatic heterocycles. The zero-order chi connectivity index (χ0) is 15.4. The van der Waals surface area contributed by atoms with Crippen molar-refractivity contribution in [2.75, 3.05) is 7.05 Å². The summed E-state index contributed by atoms with van der Waals surface area (Å²) in [6.45, 7) is 0. The quantitative estimate of drug-likeness (QED) is 0.788. The molecule has 0 bridgehead atoms. The van der Waals surface area contributed by atoms with Crippen molar-refractivity contribution in [3.8, 4) is 0 Å². The fraction of sp³-hybridized carbons (Fsp3) is 0.250. The van der Waals surface area contributed by atoms with Crippen LogP contribution in [0.1, 0.15) is 11.1 Å². The fourth-order valence-corrected chi connectivity index (χ4v) is 2.89. The van der Waals surface area contributed by atoms with E-state index in [0.29, 0.717) is 22.9 Å². The smallest absolute Gasteiger partial charge is 0.142 e. The van der Waals surface area contributed by atoms with Crippen LogP contribution in [0.25, 0.3) is 0 Å². The Morgan fingerprint density at radius 3 is 2.43 bits per heavy atom. The van der Waals surface area contributed by atoms with E-state index in [0.717, 1.165) is 11.1 Å². The zero-order valence-electron chi connectivity index (χ0n) is 11.5. The van der Waals surface area contributed by atoms with Crippen LogP contribution in [0.5, 0.6) is 0 Å². The van der Waals surface area contributed by atoms with E-state index in [1.165, 1.54) is 6.07 Å². The van der Waals surface area contributed by atoms with Gasteiger partial charge < -0.3 is 5.32 Å². The number of halogens is 4. The lowest BCUT2D eigenvalue weighted by Gasteiger charge is -2.18. The summed E-state index contributed by atoms with van der Waals surface area (Å²) >= 11 is 18.1. The summed E-state index contributed by atoms with van der Waals surface area (Å²) in [6.07, 6.45) is 1.32. The van der Waals surface area contributed by atoms with Gasteiger partial charge in [-0.25, -0.2) is 4.39 Å². The Morgan fingerprint density at radius 2 is 1.76 bits per heavy atom.